The normalized spacial score (nSPS) is 13.5. The smallest absolute Gasteiger partial charge is 0.264 e. The van der Waals surface area contributed by atoms with Crippen LogP contribution in [0.4, 0.5) is 11.6 Å². The maximum Gasteiger partial charge on any atom is 0.264 e. The molecule has 0 bridgehead atoms. The Labute approximate surface area is 172 Å². The second kappa shape index (κ2) is 8.36. The first-order chi connectivity index (χ1) is 14.6. The van der Waals surface area contributed by atoms with Gasteiger partial charge in [-0.25, -0.2) is 9.97 Å². The molecule has 10 nitrogen and oxygen atoms in total. The van der Waals surface area contributed by atoms with Crippen LogP contribution in [-0.4, -0.2) is 52.7 Å². The van der Waals surface area contributed by atoms with Crippen LogP contribution in [-0.2, 0) is 11.3 Å². The van der Waals surface area contributed by atoms with E-state index in [9.17, 15) is 9.59 Å². The van der Waals surface area contributed by atoms with Crippen molar-refractivity contribution in [1.82, 2.24) is 19.5 Å². The summed E-state index contributed by atoms with van der Waals surface area (Å²) in [6.07, 6.45) is 5.02. The lowest BCUT2D eigenvalue weighted by Crippen LogP contribution is -2.28. The van der Waals surface area contributed by atoms with Crippen molar-refractivity contribution in [1.29, 1.82) is 0 Å². The van der Waals surface area contributed by atoms with Gasteiger partial charge in [-0.1, -0.05) is 0 Å². The van der Waals surface area contributed by atoms with Gasteiger partial charge in [0.2, 0.25) is 11.9 Å². The molecule has 0 aliphatic carbocycles. The van der Waals surface area contributed by atoms with E-state index in [2.05, 4.69) is 25.2 Å². The van der Waals surface area contributed by atoms with E-state index in [0.29, 0.717) is 28.8 Å². The molecule has 1 aromatic carbocycles. The minimum atomic E-state index is -0.375. The highest BCUT2D eigenvalue weighted by Gasteiger charge is 2.17. The van der Waals surface area contributed by atoms with Crippen molar-refractivity contribution in [2.24, 2.45) is 0 Å². The highest BCUT2D eigenvalue weighted by molar-refractivity contribution is 5.91. The molecule has 0 spiro atoms. The first kappa shape index (κ1) is 19.6. The standard InChI is InChI=1S/C20H22N6O4/c1-29-15-6-5-13(9-16(15)30-2)23-17(27)11-26-12-22-18-14(19(26)28)10-21-20(24-18)25-7-3-4-8-25/h5-6,9-10,12H,3-4,7-8,11H2,1-2H3,(H,23,27). The molecule has 0 saturated carbocycles. The average Bonchev–Trinajstić information content (AvgIpc) is 3.30. The molecule has 30 heavy (non-hydrogen) atoms. The number of nitrogens with one attached hydrogen (secondary N) is 1. The Bertz CT molecular complexity index is 1140. The van der Waals surface area contributed by atoms with Gasteiger partial charge in [0.15, 0.2) is 17.1 Å². The van der Waals surface area contributed by atoms with Gasteiger partial charge < -0.3 is 19.7 Å². The van der Waals surface area contributed by atoms with E-state index in [1.165, 1.54) is 31.3 Å². The minimum Gasteiger partial charge on any atom is -0.493 e. The third-order valence-electron chi connectivity index (χ3n) is 4.94. The summed E-state index contributed by atoms with van der Waals surface area (Å²) >= 11 is 0. The maximum atomic E-state index is 12.7. The van der Waals surface area contributed by atoms with E-state index in [1.807, 2.05) is 0 Å². The number of nitrogens with zero attached hydrogens (tertiary/aromatic N) is 5. The quantitative estimate of drug-likeness (QED) is 0.650. The number of ether oxygens (including phenoxy) is 2. The van der Waals surface area contributed by atoms with Crippen LogP contribution in [0.3, 0.4) is 0 Å². The number of benzene rings is 1. The number of rotatable bonds is 6. The third kappa shape index (κ3) is 3.88. The van der Waals surface area contributed by atoms with E-state index < -0.39 is 0 Å². The van der Waals surface area contributed by atoms with Crippen LogP contribution in [0, 0.1) is 0 Å². The second-order valence-corrected chi connectivity index (χ2v) is 6.90. The van der Waals surface area contributed by atoms with E-state index >= 15 is 0 Å². The van der Waals surface area contributed by atoms with Crippen molar-refractivity contribution in [2.45, 2.75) is 19.4 Å². The maximum absolute atomic E-state index is 12.7. The molecule has 3 heterocycles. The van der Waals surface area contributed by atoms with Crippen LogP contribution < -0.4 is 25.2 Å². The molecule has 1 fully saturated rings. The molecule has 0 radical (unpaired) electrons. The molecule has 10 heteroatoms. The van der Waals surface area contributed by atoms with E-state index in [4.69, 9.17) is 9.47 Å². The van der Waals surface area contributed by atoms with Crippen LogP contribution in [0.1, 0.15) is 12.8 Å². The first-order valence-corrected chi connectivity index (χ1v) is 9.58. The Morgan fingerprint density at radius 1 is 1.13 bits per heavy atom. The Morgan fingerprint density at radius 3 is 2.63 bits per heavy atom. The monoisotopic (exact) mass is 410 g/mol. The van der Waals surface area contributed by atoms with Crippen molar-refractivity contribution in [3.8, 4) is 11.5 Å². The molecular formula is C20H22N6O4. The molecule has 0 atom stereocenters. The minimum absolute atomic E-state index is 0.190. The summed E-state index contributed by atoms with van der Waals surface area (Å²) in [7, 11) is 3.05. The van der Waals surface area contributed by atoms with Crippen molar-refractivity contribution in [3.63, 3.8) is 0 Å². The topological polar surface area (TPSA) is 111 Å². The van der Waals surface area contributed by atoms with Gasteiger partial charge in [-0.05, 0) is 25.0 Å². The molecule has 3 aromatic rings. The third-order valence-corrected chi connectivity index (χ3v) is 4.94. The number of carbonyl (C=O) groups is 1. The summed E-state index contributed by atoms with van der Waals surface area (Å²) in [5.74, 6) is 1.25. The summed E-state index contributed by atoms with van der Waals surface area (Å²) in [6, 6.07) is 5.02. The van der Waals surface area contributed by atoms with Crippen molar-refractivity contribution in [3.05, 3.63) is 41.1 Å². The van der Waals surface area contributed by atoms with Crippen LogP contribution in [0.25, 0.3) is 11.0 Å². The molecule has 1 N–H and O–H groups in total. The van der Waals surface area contributed by atoms with Crippen molar-refractivity contribution < 1.29 is 14.3 Å². The van der Waals surface area contributed by atoms with Crippen molar-refractivity contribution in [2.75, 3.05) is 37.5 Å². The Morgan fingerprint density at radius 2 is 1.90 bits per heavy atom. The molecule has 1 amide bonds. The van der Waals surface area contributed by atoms with Gasteiger partial charge >= 0.3 is 0 Å². The van der Waals surface area contributed by atoms with Gasteiger partial charge in [0.1, 0.15) is 18.3 Å². The van der Waals surface area contributed by atoms with Gasteiger partial charge in [0.05, 0.1) is 14.2 Å². The zero-order valence-corrected chi connectivity index (χ0v) is 16.8. The second-order valence-electron chi connectivity index (χ2n) is 6.90. The Hall–Kier alpha value is -3.69. The van der Waals surface area contributed by atoms with Crippen LogP contribution in [0.2, 0.25) is 0 Å². The molecule has 1 aliphatic rings. The molecule has 0 unspecified atom stereocenters. The van der Waals surface area contributed by atoms with E-state index in [1.54, 1.807) is 18.2 Å². The average molecular weight is 410 g/mol. The molecular weight excluding hydrogens is 388 g/mol. The number of aromatic nitrogens is 4. The first-order valence-electron chi connectivity index (χ1n) is 9.58. The van der Waals surface area contributed by atoms with Gasteiger partial charge in [0, 0.05) is 31.0 Å². The predicted octanol–water partition coefficient (Wildman–Crippen LogP) is 1.44. The number of carbonyl (C=O) groups excluding carboxylic acids is 1. The van der Waals surface area contributed by atoms with Crippen molar-refractivity contribution >= 4 is 28.6 Å². The molecule has 1 saturated heterocycles. The molecule has 2 aromatic heterocycles. The number of amides is 1. The van der Waals surface area contributed by atoms with Crippen LogP contribution in [0.15, 0.2) is 35.5 Å². The lowest BCUT2D eigenvalue weighted by atomic mass is 10.2. The fourth-order valence-corrected chi connectivity index (χ4v) is 3.40. The van der Waals surface area contributed by atoms with Gasteiger partial charge in [-0.3, -0.25) is 14.2 Å². The van der Waals surface area contributed by atoms with Gasteiger partial charge in [-0.15, -0.1) is 0 Å². The summed E-state index contributed by atoms with van der Waals surface area (Å²) < 4.78 is 11.6. The largest absolute Gasteiger partial charge is 0.493 e. The SMILES string of the molecule is COc1ccc(NC(=O)Cn2cnc3nc(N4CCCC4)ncc3c2=O)cc1OC. The van der Waals surface area contributed by atoms with Gasteiger partial charge in [0.25, 0.3) is 5.56 Å². The molecule has 4 rings (SSSR count). The zero-order valence-electron chi connectivity index (χ0n) is 16.8. The van der Waals surface area contributed by atoms with Gasteiger partial charge in [-0.2, -0.15) is 4.98 Å². The number of anilines is 2. The number of methoxy groups -OCH3 is 2. The summed E-state index contributed by atoms with van der Waals surface area (Å²) in [4.78, 5) is 40.2. The molecule has 156 valence electrons. The fraction of sp³-hybridized carbons (Fsp3) is 0.350. The zero-order chi connectivity index (χ0) is 21.1. The van der Waals surface area contributed by atoms with E-state index in [-0.39, 0.29) is 23.4 Å². The highest BCUT2D eigenvalue weighted by atomic mass is 16.5. The summed E-state index contributed by atoms with van der Waals surface area (Å²) in [5, 5.41) is 3.02. The number of hydrogen-bond donors (Lipinski definition) is 1. The fourth-order valence-electron chi connectivity index (χ4n) is 3.40. The lowest BCUT2D eigenvalue weighted by Gasteiger charge is -2.15. The Kier molecular flexibility index (Phi) is 5.46. The summed E-state index contributed by atoms with van der Waals surface area (Å²) in [6.45, 7) is 1.61. The molecule has 1 aliphatic heterocycles. The lowest BCUT2D eigenvalue weighted by molar-refractivity contribution is -0.116. The number of fused-ring (bicyclic) bond motifs is 1. The number of hydrogen-bond acceptors (Lipinski definition) is 8. The Balaban J connectivity index is 1.52. The predicted molar refractivity (Wildman–Crippen MR) is 111 cm³/mol. The van der Waals surface area contributed by atoms with Crippen LogP contribution in [0.5, 0.6) is 11.5 Å². The highest BCUT2D eigenvalue weighted by Crippen LogP contribution is 2.29. The summed E-state index contributed by atoms with van der Waals surface area (Å²) in [5.41, 5.74) is 0.488. The van der Waals surface area contributed by atoms with Crippen LogP contribution >= 0.6 is 0 Å². The van der Waals surface area contributed by atoms with E-state index in [0.717, 1.165) is 25.9 Å².